The molecular formula is C10H14N4S2. The van der Waals surface area contributed by atoms with E-state index in [0.29, 0.717) is 0 Å². The molecule has 0 amide bonds. The van der Waals surface area contributed by atoms with E-state index >= 15 is 0 Å². The highest BCUT2D eigenvalue weighted by Crippen LogP contribution is 2.28. The van der Waals surface area contributed by atoms with Crippen molar-refractivity contribution in [3.05, 3.63) is 16.8 Å². The van der Waals surface area contributed by atoms with E-state index in [0.717, 1.165) is 33.4 Å². The number of anilines is 1. The van der Waals surface area contributed by atoms with Gasteiger partial charge in [0.05, 0.1) is 11.1 Å². The van der Waals surface area contributed by atoms with E-state index in [1.807, 2.05) is 0 Å². The van der Waals surface area contributed by atoms with Gasteiger partial charge in [0.25, 0.3) is 0 Å². The summed E-state index contributed by atoms with van der Waals surface area (Å²) >= 11 is 3.48. The van der Waals surface area contributed by atoms with Crippen molar-refractivity contribution < 1.29 is 0 Å². The molecule has 4 nitrogen and oxygen atoms in total. The molecule has 2 aromatic rings. The first-order valence-electron chi connectivity index (χ1n) is 5.06. The van der Waals surface area contributed by atoms with E-state index in [1.54, 1.807) is 23.1 Å². The number of hydrazine groups is 1. The molecule has 16 heavy (non-hydrogen) atoms. The molecule has 3 N–H and O–H groups in total. The fourth-order valence-corrected chi connectivity index (χ4v) is 2.87. The van der Waals surface area contributed by atoms with Crippen molar-refractivity contribution in [2.75, 3.05) is 11.2 Å². The van der Waals surface area contributed by atoms with Crippen LogP contribution in [0.25, 0.3) is 10.2 Å². The van der Waals surface area contributed by atoms with Gasteiger partial charge in [0.1, 0.15) is 10.7 Å². The molecule has 0 aromatic carbocycles. The number of thiophene rings is 1. The third-order valence-corrected chi connectivity index (χ3v) is 3.95. The van der Waals surface area contributed by atoms with Crippen molar-refractivity contribution >= 4 is 39.1 Å². The number of hydrogen-bond acceptors (Lipinski definition) is 6. The second-order valence-electron chi connectivity index (χ2n) is 3.35. The number of fused-ring (bicyclic) bond motifs is 1. The van der Waals surface area contributed by atoms with Gasteiger partial charge in [0.15, 0.2) is 5.82 Å². The molecule has 0 atom stereocenters. The number of nitrogens with one attached hydrogen (secondary N) is 1. The monoisotopic (exact) mass is 254 g/mol. The van der Waals surface area contributed by atoms with Gasteiger partial charge in [0.2, 0.25) is 0 Å². The average Bonchev–Trinajstić information content (AvgIpc) is 2.65. The summed E-state index contributed by atoms with van der Waals surface area (Å²) in [6.07, 6.45) is 0. The summed E-state index contributed by atoms with van der Waals surface area (Å²) in [6, 6.07) is 2.06. The number of nitrogens with zero attached hydrogens (tertiary/aromatic N) is 2. The first kappa shape index (κ1) is 11.6. The fourth-order valence-electron chi connectivity index (χ4n) is 1.45. The summed E-state index contributed by atoms with van der Waals surface area (Å²) in [7, 11) is 0. The maximum atomic E-state index is 5.48. The van der Waals surface area contributed by atoms with Crippen LogP contribution in [0.1, 0.15) is 17.6 Å². The van der Waals surface area contributed by atoms with Gasteiger partial charge in [-0.05, 0) is 18.7 Å². The molecule has 2 aromatic heterocycles. The van der Waals surface area contributed by atoms with Gasteiger partial charge in [-0.25, -0.2) is 15.8 Å². The van der Waals surface area contributed by atoms with E-state index in [2.05, 4.69) is 35.3 Å². The molecule has 0 aliphatic rings. The summed E-state index contributed by atoms with van der Waals surface area (Å²) in [5.41, 5.74) is 2.65. The number of rotatable bonds is 4. The van der Waals surface area contributed by atoms with Gasteiger partial charge in [0, 0.05) is 4.88 Å². The van der Waals surface area contributed by atoms with E-state index < -0.39 is 0 Å². The number of aryl methyl sites for hydroxylation is 1. The molecular weight excluding hydrogens is 240 g/mol. The smallest absolute Gasteiger partial charge is 0.152 e. The largest absolute Gasteiger partial charge is 0.308 e. The first-order chi connectivity index (χ1) is 7.74. The normalized spacial score (nSPS) is 10.9. The summed E-state index contributed by atoms with van der Waals surface area (Å²) in [5, 5.41) is 1.01. The molecule has 0 saturated carbocycles. The van der Waals surface area contributed by atoms with Crippen LogP contribution < -0.4 is 11.3 Å². The summed E-state index contributed by atoms with van der Waals surface area (Å²) in [5.74, 6) is 8.94. The number of hydrogen-bond donors (Lipinski definition) is 2. The number of nitrogen functional groups attached to an aromatic ring is 1. The molecule has 0 unspecified atom stereocenters. The van der Waals surface area contributed by atoms with E-state index in [1.165, 1.54) is 4.88 Å². The van der Waals surface area contributed by atoms with Crippen LogP contribution in [0.5, 0.6) is 0 Å². The highest BCUT2D eigenvalue weighted by Gasteiger charge is 2.09. The van der Waals surface area contributed by atoms with Crippen molar-refractivity contribution in [1.82, 2.24) is 9.97 Å². The van der Waals surface area contributed by atoms with Gasteiger partial charge < -0.3 is 5.43 Å². The molecule has 6 heteroatoms. The van der Waals surface area contributed by atoms with Crippen molar-refractivity contribution in [2.45, 2.75) is 19.6 Å². The maximum Gasteiger partial charge on any atom is 0.152 e. The Balaban J connectivity index is 2.45. The SMILES string of the molecule is CCSCc1nc(NN)c2cc(C)sc2n1. The van der Waals surface area contributed by atoms with Crippen LogP contribution in [0.4, 0.5) is 5.82 Å². The van der Waals surface area contributed by atoms with Crippen molar-refractivity contribution in [2.24, 2.45) is 5.84 Å². The van der Waals surface area contributed by atoms with Crippen LogP contribution >= 0.6 is 23.1 Å². The summed E-state index contributed by atoms with van der Waals surface area (Å²) in [6.45, 7) is 4.19. The van der Waals surface area contributed by atoms with E-state index in [-0.39, 0.29) is 0 Å². The highest BCUT2D eigenvalue weighted by molar-refractivity contribution is 7.98. The Morgan fingerprint density at radius 3 is 3.00 bits per heavy atom. The third-order valence-electron chi connectivity index (χ3n) is 2.13. The number of aromatic nitrogens is 2. The van der Waals surface area contributed by atoms with Crippen molar-refractivity contribution in [3.8, 4) is 0 Å². The van der Waals surface area contributed by atoms with Crippen LogP contribution in [0.2, 0.25) is 0 Å². The Morgan fingerprint density at radius 1 is 1.50 bits per heavy atom. The maximum absolute atomic E-state index is 5.48. The van der Waals surface area contributed by atoms with Crippen LogP contribution in [-0.4, -0.2) is 15.7 Å². The molecule has 0 saturated heterocycles. The van der Waals surface area contributed by atoms with Crippen LogP contribution in [-0.2, 0) is 5.75 Å². The Kier molecular flexibility index (Phi) is 3.63. The van der Waals surface area contributed by atoms with Gasteiger partial charge in [-0.2, -0.15) is 11.8 Å². The fraction of sp³-hybridized carbons (Fsp3) is 0.400. The minimum Gasteiger partial charge on any atom is -0.308 e. The molecule has 2 rings (SSSR count). The molecule has 0 bridgehead atoms. The average molecular weight is 254 g/mol. The summed E-state index contributed by atoms with van der Waals surface area (Å²) < 4.78 is 0. The van der Waals surface area contributed by atoms with Crippen LogP contribution in [0, 0.1) is 6.92 Å². The van der Waals surface area contributed by atoms with Crippen LogP contribution in [0.15, 0.2) is 6.07 Å². The first-order valence-corrected chi connectivity index (χ1v) is 7.03. The lowest BCUT2D eigenvalue weighted by Gasteiger charge is -2.04. The Hall–Kier alpha value is -0.850. The Labute approximate surface area is 103 Å². The third kappa shape index (κ3) is 2.28. The zero-order valence-corrected chi connectivity index (χ0v) is 10.9. The highest BCUT2D eigenvalue weighted by atomic mass is 32.2. The topological polar surface area (TPSA) is 63.8 Å². The molecule has 0 aliphatic heterocycles. The van der Waals surface area contributed by atoms with Gasteiger partial charge in [-0.3, -0.25) is 0 Å². The lowest BCUT2D eigenvalue weighted by Crippen LogP contribution is -2.10. The van der Waals surface area contributed by atoms with E-state index in [4.69, 9.17) is 5.84 Å². The molecule has 0 radical (unpaired) electrons. The van der Waals surface area contributed by atoms with Gasteiger partial charge in [-0.15, -0.1) is 11.3 Å². The molecule has 0 spiro atoms. The number of thioether (sulfide) groups is 1. The second kappa shape index (κ2) is 4.99. The molecule has 2 heterocycles. The minimum atomic E-state index is 0.723. The zero-order valence-electron chi connectivity index (χ0n) is 9.28. The zero-order chi connectivity index (χ0) is 11.5. The lowest BCUT2D eigenvalue weighted by atomic mass is 10.3. The van der Waals surface area contributed by atoms with Crippen molar-refractivity contribution in [3.63, 3.8) is 0 Å². The predicted molar refractivity (Wildman–Crippen MR) is 71.8 cm³/mol. The molecule has 0 aliphatic carbocycles. The van der Waals surface area contributed by atoms with Gasteiger partial charge >= 0.3 is 0 Å². The summed E-state index contributed by atoms with van der Waals surface area (Å²) in [4.78, 5) is 11.2. The Bertz CT molecular complexity index is 495. The quantitative estimate of drug-likeness (QED) is 0.648. The second-order valence-corrected chi connectivity index (χ2v) is 5.85. The van der Waals surface area contributed by atoms with Gasteiger partial charge in [-0.1, -0.05) is 6.92 Å². The Morgan fingerprint density at radius 2 is 2.31 bits per heavy atom. The van der Waals surface area contributed by atoms with E-state index in [9.17, 15) is 0 Å². The predicted octanol–water partition coefficient (Wildman–Crippen LogP) is 2.54. The molecule has 0 fully saturated rings. The minimum absolute atomic E-state index is 0.723. The number of nitrogens with two attached hydrogens (primary N) is 1. The van der Waals surface area contributed by atoms with Crippen molar-refractivity contribution in [1.29, 1.82) is 0 Å². The van der Waals surface area contributed by atoms with Crippen LogP contribution in [0.3, 0.4) is 0 Å². The standard InChI is InChI=1S/C10H14N4S2/c1-3-15-5-8-12-9(14-11)7-4-6(2)16-10(7)13-8/h4H,3,5,11H2,1-2H3,(H,12,13,14). The molecule has 86 valence electrons. The lowest BCUT2D eigenvalue weighted by molar-refractivity contribution is 1.06.